The lowest BCUT2D eigenvalue weighted by Crippen LogP contribution is -2.10. The predicted molar refractivity (Wildman–Crippen MR) is 93.2 cm³/mol. The van der Waals surface area contributed by atoms with Gasteiger partial charge in [0.05, 0.1) is 13.2 Å². The zero-order valence-electron chi connectivity index (χ0n) is 13.7. The van der Waals surface area contributed by atoms with Crippen LogP contribution in [0.25, 0.3) is 11.4 Å². The van der Waals surface area contributed by atoms with Gasteiger partial charge < -0.3 is 20.3 Å². The summed E-state index contributed by atoms with van der Waals surface area (Å²) in [6, 6.07) is 14.4. The van der Waals surface area contributed by atoms with Gasteiger partial charge >= 0.3 is 0 Å². The van der Waals surface area contributed by atoms with Crippen molar-refractivity contribution < 1.29 is 14.1 Å². The number of nitrogens with one attached hydrogen (secondary N) is 1. The number of anilines is 1. The third-order valence-electron chi connectivity index (χ3n) is 3.50. The van der Waals surface area contributed by atoms with Crippen LogP contribution in [0.15, 0.2) is 53.1 Å². The van der Waals surface area contributed by atoms with Crippen molar-refractivity contribution in [2.24, 2.45) is 5.73 Å². The summed E-state index contributed by atoms with van der Waals surface area (Å²) in [4.78, 5) is 15.4. The lowest BCUT2D eigenvalue weighted by molar-refractivity contribution is 0.100. The molecule has 3 rings (SSSR count). The highest BCUT2D eigenvalue weighted by atomic mass is 16.5. The summed E-state index contributed by atoms with van der Waals surface area (Å²) in [5, 5.41) is 7.13. The quantitative estimate of drug-likeness (QED) is 0.686. The van der Waals surface area contributed by atoms with Crippen molar-refractivity contribution in [2.75, 3.05) is 11.9 Å². The third-order valence-corrected chi connectivity index (χ3v) is 3.50. The molecule has 128 valence electrons. The van der Waals surface area contributed by atoms with Crippen molar-refractivity contribution in [3.05, 3.63) is 60.0 Å². The van der Waals surface area contributed by atoms with E-state index in [0.29, 0.717) is 30.4 Å². The number of primary amides is 1. The standard InChI is InChI=1S/C18H18N4O3/c1-2-24-15-9-5-13(6-10-15)18-21-16(25-22-18)11-20-14-7-3-12(4-8-14)17(19)23/h3-10,20H,2,11H2,1H3,(H2,19,23). The molecule has 7 heteroatoms. The number of hydrogen-bond acceptors (Lipinski definition) is 6. The molecule has 0 radical (unpaired) electrons. The number of rotatable bonds is 7. The number of ether oxygens (including phenoxy) is 1. The van der Waals surface area contributed by atoms with E-state index < -0.39 is 5.91 Å². The van der Waals surface area contributed by atoms with Crippen LogP contribution < -0.4 is 15.8 Å². The van der Waals surface area contributed by atoms with Crippen LogP contribution in [0.1, 0.15) is 23.2 Å². The molecule has 2 aromatic carbocycles. The lowest BCUT2D eigenvalue weighted by atomic mass is 10.2. The first-order valence-corrected chi connectivity index (χ1v) is 7.85. The van der Waals surface area contributed by atoms with E-state index in [1.807, 2.05) is 31.2 Å². The van der Waals surface area contributed by atoms with Crippen LogP contribution in [0, 0.1) is 0 Å². The van der Waals surface area contributed by atoms with Crippen molar-refractivity contribution in [3.63, 3.8) is 0 Å². The van der Waals surface area contributed by atoms with Gasteiger partial charge in [-0.15, -0.1) is 0 Å². The van der Waals surface area contributed by atoms with Gasteiger partial charge in [0, 0.05) is 16.8 Å². The first-order valence-electron chi connectivity index (χ1n) is 7.85. The minimum absolute atomic E-state index is 0.375. The predicted octanol–water partition coefficient (Wildman–Crippen LogP) is 2.85. The van der Waals surface area contributed by atoms with Gasteiger partial charge in [0.15, 0.2) is 0 Å². The number of benzene rings is 2. The Morgan fingerprint density at radius 3 is 2.52 bits per heavy atom. The van der Waals surface area contributed by atoms with E-state index in [1.165, 1.54) is 0 Å². The third kappa shape index (κ3) is 4.14. The fraction of sp³-hybridized carbons (Fsp3) is 0.167. The lowest BCUT2D eigenvalue weighted by Gasteiger charge is -2.03. The second kappa shape index (κ2) is 7.48. The number of carbonyl (C=O) groups excluding carboxylic acids is 1. The second-order valence-electron chi connectivity index (χ2n) is 5.26. The number of carbonyl (C=O) groups is 1. The van der Waals surface area contributed by atoms with Crippen molar-refractivity contribution in [2.45, 2.75) is 13.5 Å². The number of hydrogen-bond donors (Lipinski definition) is 2. The molecule has 0 atom stereocenters. The molecule has 3 aromatic rings. The van der Waals surface area contributed by atoms with Crippen molar-refractivity contribution in [1.29, 1.82) is 0 Å². The Bertz CT molecular complexity index is 842. The average molecular weight is 338 g/mol. The van der Waals surface area contributed by atoms with Crippen molar-refractivity contribution in [1.82, 2.24) is 10.1 Å². The Kier molecular flexibility index (Phi) is 4.94. The van der Waals surface area contributed by atoms with Gasteiger partial charge in [-0.1, -0.05) is 5.16 Å². The maximum atomic E-state index is 11.0. The number of nitrogens with zero attached hydrogens (tertiary/aromatic N) is 2. The molecule has 0 aliphatic heterocycles. The average Bonchev–Trinajstić information content (AvgIpc) is 3.10. The van der Waals surface area contributed by atoms with E-state index in [-0.39, 0.29) is 0 Å². The van der Waals surface area contributed by atoms with Crippen molar-refractivity contribution >= 4 is 11.6 Å². The molecule has 0 aliphatic rings. The van der Waals surface area contributed by atoms with Crippen LogP contribution in [0.3, 0.4) is 0 Å². The smallest absolute Gasteiger partial charge is 0.248 e. The highest BCUT2D eigenvalue weighted by Gasteiger charge is 2.09. The SMILES string of the molecule is CCOc1ccc(-c2noc(CNc3ccc(C(N)=O)cc3)n2)cc1. The van der Waals surface area contributed by atoms with E-state index in [1.54, 1.807) is 24.3 Å². The maximum Gasteiger partial charge on any atom is 0.248 e. The zero-order chi connectivity index (χ0) is 17.6. The molecule has 25 heavy (non-hydrogen) atoms. The molecule has 0 saturated carbocycles. The molecular formula is C18H18N4O3. The number of nitrogens with two attached hydrogens (primary N) is 1. The first kappa shape index (κ1) is 16.5. The van der Waals surface area contributed by atoms with Gasteiger partial charge in [0.1, 0.15) is 5.75 Å². The van der Waals surface area contributed by atoms with Gasteiger partial charge in [-0.2, -0.15) is 4.98 Å². The highest BCUT2D eigenvalue weighted by Crippen LogP contribution is 2.20. The Morgan fingerprint density at radius 2 is 1.88 bits per heavy atom. The monoisotopic (exact) mass is 338 g/mol. The Balaban J connectivity index is 1.62. The molecule has 0 aliphatic carbocycles. The first-order chi connectivity index (χ1) is 12.2. The summed E-state index contributed by atoms with van der Waals surface area (Å²) >= 11 is 0. The van der Waals surface area contributed by atoms with Crippen LogP contribution in [-0.2, 0) is 6.54 Å². The molecule has 0 saturated heterocycles. The minimum Gasteiger partial charge on any atom is -0.494 e. The second-order valence-corrected chi connectivity index (χ2v) is 5.26. The fourth-order valence-corrected chi connectivity index (χ4v) is 2.24. The summed E-state index contributed by atoms with van der Waals surface area (Å²) in [5.74, 6) is 1.33. The maximum absolute atomic E-state index is 11.0. The van der Waals surface area contributed by atoms with E-state index in [4.69, 9.17) is 15.0 Å². The van der Waals surface area contributed by atoms with Crippen LogP contribution >= 0.6 is 0 Å². The molecule has 0 bridgehead atoms. The van der Waals surface area contributed by atoms with Gasteiger partial charge in [0.25, 0.3) is 0 Å². The molecule has 0 spiro atoms. The topological polar surface area (TPSA) is 103 Å². The molecule has 7 nitrogen and oxygen atoms in total. The van der Waals surface area contributed by atoms with E-state index in [0.717, 1.165) is 17.0 Å². The summed E-state index contributed by atoms with van der Waals surface area (Å²) in [5.41, 5.74) is 7.35. The summed E-state index contributed by atoms with van der Waals surface area (Å²) in [6.07, 6.45) is 0. The van der Waals surface area contributed by atoms with Crippen LogP contribution in [0.5, 0.6) is 5.75 Å². The highest BCUT2D eigenvalue weighted by molar-refractivity contribution is 5.93. The summed E-state index contributed by atoms with van der Waals surface area (Å²) < 4.78 is 10.7. The Morgan fingerprint density at radius 1 is 1.16 bits per heavy atom. The summed E-state index contributed by atoms with van der Waals surface area (Å²) in [7, 11) is 0. The van der Waals surface area contributed by atoms with E-state index in [9.17, 15) is 4.79 Å². The number of amides is 1. The Labute approximate surface area is 144 Å². The Hall–Kier alpha value is -3.35. The molecule has 3 N–H and O–H groups in total. The molecule has 0 fully saturated rings. The summed E-state index contributed by atoms with van der Waals surface area (Å²) in [6.45, 7) is 2.94. The van der Waals surface area contributed by atoms with Crippen LogP contribution in [-0.4, -0.2) is 22.7 Å². The molecular weight excluding hydrogens is 320 g/mol. The van der Waals surface area contributed by atoms with Gasteiger partial charge in [-0.25, -0.2) is 0 Å². The fourth-order valence-electron chi connectivity index (χ4n) is 2.24. The molecule has 1 amide bonds. The normalized spacial score (nSPS) is 10.4. The molecule has 0 unspecified atom stereocenters. The number of aromatic nitrogens is 2. The zero-order valence-corrected chi connectivity index (χ0v) is 13.7. The largest absolute Gasteiger partial charge is 0.494 e. The van der Waals surface area contributed by atoms with Crippen molar-refractivity contribution in [3.8, 4) is 17.1 Å². The van der Waals surface area contributed by atoms with Crippen LogP contribution in [0.2, 0.25) is 0 Å². The van der Waals surface area contributed by atoms with E-state index >= 15 is 0 Å². The molecule has 1 heterocycles. The van der Waals surface area contributed by atoms with Gasteiger partial charge in [-0.3, -0.25) is 4.79 Å². The van der Waals surface area contributed by atoms with Gasteiger partial charge in [0.2, 0.25) is 17.6 Å². The van der Waals surface area contributed by atoms with Gasteiger partial charge in [-0.05, 0) is 55.5 Å². The molecule has 1 aromatic heterocycles. The van der Waals surface area contributed by atoms with E-state index in [2.05, 4.69) is 15.5 Å². The minimum atomic E-state index is -0.455. The van der Waals surface area contributed by atoms with Crippen LogP contribution in [0.4, 0.5) is 5.69 Å².